The second-order valence-electron chi connectivity index (χ2n) is 6.34. The molecule has 1 aliphatic rings. The van der Waals surface area contributed by atoms with E-state index in [-0.39, 0.29) is 5.16 Å². The van der Waals surface area contributed by atoms with Crippen molar-refractivity contribution in [2.75, 3.05) is 12.8 Å². The predicted molar refractivity (Wildman–Crippen MR) is 90.2 cm³/mol. The molecule has 0 atom stereocenters. The SMILES string of the molecule is CCCn1ncc(CN2CCc3nc(S(C)(=O)=O)ncc3C2)c1C. The average molecular weight is 349 g/mol. The highest BCUT2D eigenvalue weighted by Crippen LogP contribution is 2.20. The predicted octanol–water partition coefficient (Wildman–Crippen LogP) is 1.35. The zero-order valence-electron chi connectivity index (χ0n) is 14.4. The fraction of sp³-hybridized carbons (Fsp3) is 0.562. The Kier molecular flexibility index (Phi) is 4.69. The van der Waals surface area contributed by atoms with Crippen molar-refractivity contribution < 1.29 is 8.42 Å². The van der Waals surface area contributed by atoms with E-state index in [9.17, 15) is 8.42 Å². The minimum Gasteiger partial charge on any atom is -0.294 e. The Bertz CT molecular complexity index is 844. The maximum Gasteiger partial charge on any atom is 0.246 e. The minimum absolute atomic E-state index is 0.0774. The van der Waals surface area contributed by atoms with E-state index >= 15 is 0 Å². The first-order valence-electron chi connectivity index (χ1n) is 8.17. The Morgan fingerprint density at radius 1 is 1.29 bits per heavy atom. The molecule has 0 aromatic carbocycles. The van der Waals surface area contributed by atoms with E-state index in [2.05, 4.69) is 38.5 Å². The van der Waals surface area contributed by atoms with E-state index in [0.29, 0.717) is 0 Å². The van der Waals surface area contributed by atoms with E-state index in [1.54, 1.807) is 6.20 Å². The van der Waals surface area contributed by atoms with E-state index < -0.39 is 9.84 Å². The van der Waals surface area contributed by atoms with Crippen molar-refractivity contribution in [1.82, 2.24) is 24.6 Å². The third kappa shape index (κ3) is 3.49. The molecule has 24 heavy (non-hydrogen) atoms. The second-order valence-corrected chi connectivity index (χ2v) is 8.25. The Morgan fingerprint density at radius 2 is 2.08 bits per heavy atom. The fourth-order valence-electron chi connectivity index (χ4n) is 2.99. The Morgan fingerprint density at radius 3 is 2.79 bits per heavy atom. The van der Waals surface area contributed by atoms with E-state index in [1.165, 1.54) is 11.3 Å². The molecule has 0 radical (unpaired) electrons. The lowest BCUT2D eigenvalue weighted by atomic mass is 10.1. The summed E-state index contributed by atoms with van der Waals surface area (Å²) < 4.78 is 25.2. The maximum atomic E-state index is 11.6. The molecule has 0 saturated carbocycles. The molecule has 8 heteroatoms. The second kappa shape index (κ2) is 6.60. The molecule has 0 amide bonds. The molecule has 3 heterocycles. The Hall–Kier alpha value is -1.80. The molecule has 0 unspecified atom stereocenters. The molecule has 2 aromatic rings. The van der Waals surface area contributed by atoms with Crippen molar-refractivity contribution in [3.8, 4) is 0 Å². The summed E-state index contributed by atoms with van der Waals surface area (Å²) >= 11 is 0. The lowest BCUT2D eigenvalue weighted by Crippen LogP contribution is -2.31. The summed E-state index contributed by atoms with van der Waals surface area (Å²) in [6.45, 7) is 7.62. The molecule has 0 saturated heterocycles. The van der Waals surface area contributed by atoms with Crippen molar-refractivity contribution in [1.29, 1.82) is 0 Å². The minimum atomic E-state index is -3.35. The molecule has 0 N–H and O–H groups in total. The molecular formula is C16H23N5O2S. The summed E-state index contributed by atoms with van der Waals surface area (Å²) in [5, 5.41) is 4.38. The molecule has 0 aliphatic carbocycles. The van der Waals surface area contributed by atoms with Gasteiger partial charge in [-0.2, -0.15) is 5.10 Å². The van der Waals surface area contributed by atoms with Gasteiger partial charge in [0, 0.05) is 61.9 Å². The van der Waals surface area contributed by atoms with Gasteiger partial charge < -0.3 is 0 Å². The van der Waals surface area contributed by atoms with E-state index in [0.717, 1.165) is 56.5 Å². The van der Waals surface area contributed by atoms with Crippen LogP contribution in [0.5, 0.6) is 0 Å². The van der Waals surface area contributed by atoms with Crippen LogP contribution in [0.4, 0.5) is 0 Å². The van der Waals surface area contributed by atoms with Crippen LogP contribution in [0, 0.1) is 6.92 Å². The number of sulfone groups is 1. The van der Waals surface area contributed by atoms with Gasteiger partial charge in [0.25, 0.3) is 0 Å². The van der Waals surface area contributed by atoms with Crippen molar-refractivity contribution in [2.45, 2.75) is 51.5 Å². The van der Waals surface area contributed by atoms with Gasteiger partial charge in [0.1, 0.15) is 0 Å². The lowest BCUT2D eigenvalue weighted by Gasteiger charge is -2.27. The van der Waals surface area contributed by atoms with Crippen LogP contribution >= 0.6 is 0 Å². The largest absolute Gasteiger partial charge is 0.294 e. The van der Waals surface area contributed by atoms with Crippen molar-refractivity contribution in [3.63, 3.8) is 0 Å². The van der Waals surface area contributed by atoms with Crippen LogP contribution in [0.2, 0.25) is 0 Å². The fourth-order valence-corrected chi connectivity index (χ4v) is 3.51. The molecular weight excluding hydrogens is 326 g/mol. The first-order valence-corrected chi connectivity index (χ1v) is 10.1. The highest BCUT2D eigenvalue weighted by molar-refractivity contribution is 7.90. The third-order valence-corrected chi connectivity index (χ3v) is 5.22. The summed E-state index contributed by atoms with van der Waals surface area (Å²) in [5.74, 6) is 0. The van der Waals surface area contributed by atoms with E-state index in [4.69, 9.17) is 0 Å². The zero-order valence-corrected chi connectivity index (χ0v) is 15.2. The van der Waals surface area contributed by atoms with Crippen LogP contribution in [0.15, 0.2) is 17.6 Å². The molecule has 2 aromatic heterocycles. The number of aromatic nitrogens is 4. The van der Waals surface area contributed by atoms with E-state index in [1.807, 2.05) is 6.20 Å². The molecule has 0 bridgehead atoms. The number of hydrogen-bond acceptors (Lipinski definition) is 6. The van der Waals surface area contributed by atoms with Crippen molar-refractivity contribution in [2.24, 2.45) is 0 Å². The summed E-state index contributed by atoms with van der Waals surface area (Å²) in [5.41, 5.74) is 4.30. The number of fused-ring (bicyclic) bond motifs is 1. The highest BCUT2D eigenvalue weighted by atomic mass is 32.2. The lowest BCUT2D eigenvalue weighted by molar-refractivity contribution is 0.241. The molecule has 0 spiro atoms. The van der Waals surface area contributed by atoms with Gasteiger partial charge in [0.15, 0.2) is 0 Å². The molecule has 1 aliphatic heterocycles. The highest BCUT2D eigenvalue weighted by Gasteiger charge is 2.22. The monoisotopic (exact) mass is 349 g/mol. The molecule has 130 valence electrons. The van der Waals surface area contributed by atoms with Crippen LogP contribution < -0.4 is 0 Å². The maximum absolute atomic E-state index is 11.6. The summed E-state index contributed by atoms with van der Waals surface area (Å²) in [6.07, 6.45) is 6.55. The number of hydrogen-bond donors (Lipinski definition) is 0. The van der Waals surface area contributed by atoms with Gasteiger partial charge in [0.2, 0.25) is 15.0 Å². The number of aryl methyl sites for hydroxylation is 1. The van der Waals surface area contributed by atoms with Crippen LogP contribution in [0.25, 0.3) is 0 Å². The van der Waals surface area contributed by atoms with Gasteiger partial charge in [-0.1, -0.05) is 6.92 Å². The number of nitrogens with zero attached hydrogens (tertiary/aromatic N) is 5. The zero-order chi connectivity index (χ0) is 17.3. The standard InChI is InChI=1S/C16H23N5O2S/c1-4-6-21-12(2)13(9-18-21)10-20-7-5-15-14(11-20)8-17-16(19-15)24(3,22)23/h8-9H,4-7,10-11H2,1-3H3. The topological polar surface area (TPSA) is 81.0 Å². The van der Waals surface area contributed by atoms with Gasteiger partial charge in [-0.25, -0.2) is 18.4 Å². The van der Waals surface area contributed by atoms with Gasteiger partial charge in [-0.05, 0) is 13.3 Å². The Balaban J connectivity index is 1.74. The van der Waals surface area contributed by atoms with Gasteiger partial charge >= 0.3 is 0 Å². The van der Waals surface area contributed by atoms with Gasteiger partial charge in [0.05, 0.1) is 11.9 Å². The summed E-state index contributed by atoms with van der Waals surface area (Å²) in [7, 11) is -3.35. The first-order chi connectivity index (χ1) is 11.4. The number of rotatable bonds is 5. The third-order valence-electron chi connectivity index (χ3n) is 4.36. The first kappa shape index (κ1) is 17.0. The molecule has 3 rings (SSSR count). The molecule has 0 fully saturated rings. The van der Waals surface area contributed by atoms with Crippen LogP contribution in [-0.2, 0) is 35.9 Å². The van der Waals surface area contributed by atoms with Crippen molar-refractivity contribution >= 4 is 9.84 Å². The molecule has 7 nitrogen and oxygen atoms in total. The van der Waals surface area contributed by atoms with Crippen LogP contribution in [0.1, 0.15) is 35.9 Å². The average Bonchev–Trinajstić information content (AvgIpc) is 2.87. The van der Waals surface area contributed by atoms with Crippen LogP contribution in [0.3, 0.4) is 0 Å². The van der Waals surface area contributed by atoms with Gasteiger partial charge in [-0.15, -0.1) is 0 Å². The summed E-state index contributed by atoms with van der Waals surface area (Å²) in [4.78, 5) is 10.6. The Labute approximate surface area is 142 Å². The van der Waals surface area contributed by atoms with Gasteiger partial charge in [-0.3, -0.25) is 9.58 Å². The van der Waals surface area contributed by atoms with Crippen LogP contribution in [-0.4, -0.2) is 45.9 Å². The summed E-state index contributed by atoms with van der Waals surface area (Å²) in [6, 6.07) is 0. The van der Waals surface area contributed by atoms with Crippen molar-refractivity contribution in [3.05, 3.63) is 34.9 Å². The smallest absolute Gasteiger partial charge is 0.246 e. The quantitative estimate of drug-likeness (QED) is 0.758. The normalized spacial score (nSPS) is 15.5.